The standard InChI is InChI=1S/C23H21NO/c1-16-12-14-19(15-13-16)24-23(25)22-20(17-8-4-2-5-9-17)21(22)18-10-6-3-7-11-18/h2-15,20-22H,1H3,(H,24,25)/t20-,21-/m0/s1. The Balaban J connectivity index is 1.59. The lowest BCUT2D eigenvalue weighted by Crippen LogP contribution is -2.15. The first-order valence-corrected chi connectivity index (χ1v) is 8.71. The van der Waals surface area contributed by atoms with Gasteiger partial charge in [0.05, 0.1) is 5.92 Å². The zero-order chi connectivity index (χ0) is 17.2. The fourth-order valence-corrected chi connectivity index (χ4v) is 3.68. The highest BCUT2D eigenvalue weighted by atomic mass is 16.2. The number of hydrogen-bond acceptors (Lipinski definition) is 1. The second-order valence-corrected chi connectivity index (χ2v) is 6.75. The van der Waals surface area contributed by atoms with E-state index in [0.29, 0.717) is 0 Å². The van der Waals surface area contributed by atoms with Gasteiger partial charge in [0.2, 0.25) is 5.91 Å². The lowest BCUT2D eigenvalue weighted by atomic mass is 10.0. The molecule has 2 atom stereocenters. The SMILES string of the molecule is Cc1ccc(NC(=O)C2[C@@H](c3ccccc3)[C@@H]2c2ccccc2)cc1. The summed E-state index contributed by atoms with van der Waals surface area (Å²) >= 11 is 0. The number of rotatable bonds is 4. The zero-order valence-corrected chi connectivity index (χ0v) is 14.2. The first-order chi connectivity index (χ1) is 12.2. The molecule has 0 saturated heterocycles. The summed E-state index contributed by atoms with van der Waals surface area (Å²) in [4.78, 5) is 12.9. The number of hydrogen-bond donors (Lipinski definition) is 1. The van der Waals surface area contributed by atoms with Crippen molar-refractivity contribution in [2.75, 3.05) is 5.32 Å². The van der Waals surface area contributed by atoms with Crippen molar-refractivity contribution in [1.29, 1.82) is 0 Å². The van der Waals surface area contributed by atoms with Crippen LogP contribution in [0.3, 0.4) is 0 Å². The Labute approximate surface area is 148 Å². The molecule has 124 valence electrons. The maximum atomic E-state index is 12.9. The highest BCUT2D eigenvalue weighted by Crippen LogP contribution is 2.60. The summed E-state index contributed by atoms with van der Waals surface area (Å²) in [5.41, 5.74) is 4.52. The molecular formula is C23H21NO. The van der Waals surface area contributed by atoms with Gasteiger partial charge in [0.25, 0.3) is 0 Å². The Bertz CT molecular complexity index is 810. The van der Waals surface area contributed by atoms with Gasteiger partial charge in [0.15, 0.2) is 0 Å². The van der Waals surface area contributed by atoms with Crippen LogP contribution in [0.4, 0.5) is 5.69 Å². The second-order valence-electron chi connectivity index (χ2n) is 6.75. The minimum absolute atomic E-state index is 0.0221. The van der Waals surface area contributed by atoms with Crippen LogP contribution >= 0.6 is 0 Å². The summed E-state index contributed by atoms with van der Waals surface area (Å²) in [6.07, 6.45) is 0. The molecule has 1 amide bonds. The van der Waals surface area contributed by atoms with Crippen molar-refractivity contribution in [2.45, 2.75) is 18.8 Å². The Morgan fingerprint density at radius 1 is 0.720 bits per heavy atom. The molecule has 1 aliphatic carbocycles. The van der Waals surface area contributed by atoms with Crippen LogP contribution in [0.25, 0.3) is 0 Å². The van der Waals surface area contributed by atoms with Gasteiger partial charge in [0.1, 0.15) is 0 Å². The Morgan fingerprint density at radius 3 is 1.68 bits per heavy atom. The van der Waals surface area contributed by atoms with Crippen molar-refractivity contribution in [3.63, 3.8) is 0 Å². The van der Waals surface area contributed by atoms with E-state index < -0.39 is 0 Å². The Morgan fingerprint density at radius 2 is 1.20 bits per heavy atom. The lowest BCUT2D eigenvalue weighted by Gasteiger charge is -2.05. The summed E-state index contributed by atoms with van der Waals surface area (Å²) in [6.45, 7) is 2.04. The highest BCUT2D eigenvalue weighted by molar-refractivity contribution is 5.96. The molecule has 3 aromatic carbocycles. The molecule has 0 heterocycles. The normalized spacial score (nSPS) is 21.6. The average Bonchev–Trinajstić information content (AvgIpc) is 3.41. The lowest BCUT2D eigenvalue weighted by molar-refractivity contribution is -0.117. The summed E-state index contributed by atoms with van der Waals surface area (Å²) in [7, 11) is 0. The predicted octanol–water partition coefficient (Wildman–Crippen LogP) is 5.13. The molecule has 25 heavy (non-hydrogen) atoms. The number of benzene rings is 3. The van der Waals surface area contributed by atoms with Gasteiger partial charge >= 0.3 is 0 Å². The molecule has 1 aliphatic rings. The maximum Gasteiger partial charge on any atom is 0.228 e. The van der Waals surface area contributed by atoms with E-state index in [4.69, 9.17) is 0 Å². The van der Waals surface area contributed by atoms with E-state index in [2.05, 4.69) is 29.6 Å². The van der Waals surface area contributed by atoms with Crippen molar-refractivity contribution in [2.24, 2.45) is 5.92 Å². The van der Waals surface area contributed by atoms with E-state index in [0.717, 1.165) is 5.69 Å². The first-order valence-electron chi connectivity index (χ1n) is 8.71. The molecule has 4 rings (SSSR count). The molecule has 0 aromatic heterocycles. The summed E-state index contributed by atoms with van der Waals surface area (Å²) in [5.74, 6) is 0.570. The van der Waals surface area contributed by atoms with E-state index in [1.807, 2.05) is 67.6 Å². The van der Waals surface area contributed by atoms with Crippen LogP contribution in [0.5, 0.6) is 0 Å². The van der Waals surface area contributed by atoms with Crippen molar-refractivity contribution < 1.29 is 4.79 Å². The molecular weight excluding hydrogens is 306 g/mol. The van der Waals surface area contributed by atoms with Gasteiger partial charge in [-0.2, -0.15) is 0 Å². The number of anilines is 1. The molecule has 0 radical (unpaired) electrons. The largest absolute Gasteiger partial charge is 0.326 e. The topological polar surface area (TPSA) is 29.1 Å². The molecule has 0 spiro atoms. The van der Waals surface area contributed by atoms with Crippen LogP contribution in [-0.2, 0) is 4.79 Å². The van der Waals surface area contributed by atoms with Crippen LogP contribution in [0.2, 0.25) is 0 Å². The van der Waals surface area contributed by atoms with Gasteiger partial charge in [-0.1, -0.05) is 78.4 Å². The van der Waals surface area contributed by atoms with Crippen LogP contribution in [0, 0.1) is 12.8 Å². The van der Waals surface area contributed by atoms with Crippen molar-refractivity contribution in [1.82, 2.24) is 0 Å². The van der Waals surface area contributed by atoms with E-state index in [1.54, 1.807) is 0 Å². The Hall–Kier alpha value is -2.87. The molecule has 1 saturated carbocycles. The summed E-state index contributed by atoms with van der Waals surface area (Å²) in [6, 6.07) is 28.7. The molecule has 2 nitrogen and oxygen atoms in total. The van der Waals surface area contributed by atoms with E-state index >= 15 is 0 Å². The number of amides is 1. The summed E-state index contributed by atoms with van der Waals surface area (Å²) < 4.78 is 0. The fraction of sp³-hybridized carbons (Fsp3) is 0.174. The molecule has 0 aliphatic heterocycles. The third-order valence-corrected chi connectivity index (χ3v) is 5.01. The van der Waals surface area contributed by atoms with Gasteiger partial charge in [-0.05, 0) is 30.2 Å². The molecule has 0 unspecified atom stereocenters. The highest BCUT2D eigenvalue weighted by Gasteiger charge is 2.55. The molecule has 2 heteroatoms. The Kier molecular flexibility index (Phi) is 4.10. The van der Waals surface area contributed by atoms with Crippen molar-refractivity contribution >= 4 is 11.6 Å². The van der Waals surface area contributed by atoms with Crippen molar-refractivity contribution in [3.8, 4) is 0 Å². The number of aryl methyl sites for hydroxylation is 1. The predicted molar refractivity (Wildman–Crippen MR) is 102 cm³/mol. The van der Waals surface area contributed by atoms with Gasteiger partial charge in [-0.3, -0.25) is 4.79 Å². The van der Waals surface area contributed by atoms with Gasteiger partial charge in [-0.25, -0.2) is 0 Å². The quantitative estimate of drug-likeness (QED) is 0.707. The zero-order valence-electron chi connectivity index (χ0n) is 14.2. The van der Waals surface area contributed by atoms with Crippen LogP contribution in [0.1, 0.15) is 28.5 Å². The van der Waals surface area contributed by atoms with Crippen molar-refractivity contribution in [3.05, 3.63) is 102 Å². The van der Waals surface area contributed by atoms with Gasteiger partial charge < -0.3 is 5.32 Å². The minimum atomic E-state index is -0.0221. The average molecular weight is 327 g/mol. The molecule has 0 bridgehead atoms. The second kappa shape index (κ2) is 6.56. The minimum Gasteiger partial charge on any atom is -0.326 e. The van der Waals surface area contributed by atoms with Crippen LogP contribution < -0.4 is 5.32 Å². The van der Waals surface area contributed by atoms with E-state index in [9.17, 15) is 4.79 Å². The third kappa shape index (κ3) is 3.20. The first kappa shape index (κ1) is 15.6. The maximum absolute atomic E-state index is 12.9. The van der Waals surface area contributed by atoms with Crippen LogP contribution in [-0.4, -0.2) is 5.91 Å². The molecule has 1 fully saturated rings. The van der Waals surface area contributed by atoms with Gasteiger partial charge in [-0.15, -0.1) is 0 Å². The monoisotopic (exact) mass is 327 g/mol. The number of nitrogens with one attached hydrogen (secondary N) is 1. The summed E-state index contributed by atoms with van der Waals surface area (Å²) in [5, 5.41) is 3.09. The number of carbonyl (C=O) groups is 1. The number of carbonyl (C=O) groups excluding carboxylic acids is 1. The molecule has 3 aromatic rings. The molecule has 1 N–H and O–H groups in total. The van der Waals surface area contributed by atoms with E-state index in [1.165, 1.54) is 16.7 Å². The fourth-order valence-electron chi connectivity index (χ4n) is 3.68. The van der Waals surface area contributed by atoms with Crippen LogP contribution in [0.15, 0.2) is 84.9 Å². The smallest absolute Gasteiger partial charge is 0.228 e. The third-order valence-electron chi connectivity index (χ3n) is 5.01. The van der Waals surface area contributed by atoms with Gasteiger partial charge in [0, 0.05) is 17.5 Å². The van der Waals surface area contributed by atoms with E-state index in [-0.39, 0.29) is 23.7 Å².